The van der Waals surface area contributed by atoms with Crippen molar-refractivity contribution >= 4 is 11.6 Å². The SMILES string of the molecule is C[C@H](NC(=O)[C@@H]1Oc2ccccc2O[C@H]1C)c1nnc2ccccn12. The smallest absolute Gasteiger partial charge is 0.265 e. The van der Waals surface area contributed by atoms with E-state index in [4.69, 9.17) is 9.47 Å². The normalized spacial score (nSPS) is 20.2. The topological polar surface area (TPSA) is 77.8 Å². The van der Waals surface area contributed by atoms with Crippen LogP contribution in [-0.4, -0.2) is 32.7 Å². The van der Waals surface area contributed by atoms with Gasteiger partial charge in [-0.2, -0.15) is 0 Å². The molecule has 2 aromatic heterocycles. The monoisotopic (exact) mass is 338 g/mol. The van der Waals surface area contributed by atoms with Crippen molar-refractivity contribution in [1.29, 1.82) is 0 Å². The van der Waals surface area contributed by atoms with Gasteiger partial charge in [0.2, 0.25) is 6.10 Å². The first-order valence-corrected chi connectivity index (χ1v) is 8.16. The van der Waals surface area contributed by atoms with E-state index < -0.39 is 12.2 Å². The number of fused-ring (bicyclic) bond motifs is 2. The highest BCUT2D eigenvalue weighted by Crippen LogP contribution is 2.33. The molecule has 0 saturated heterocycles. The first kappa shape index (κ1) is 15.4. The largest absolute Gasteiger partial charge is 0.482 e. The number of rotatable bonds is 3. The van der Waals surface area contributed by atoms with E-state index in [1.54, 1.807) is 6.07 Å². The van der Waals surface area contributed by atoms with Gasteiger partial charge in [0.1, 0.15) is 6.10 Å². The van der Waals surface area contributed by atoms with E-state index in [1.807, 2.05) is 60.8 Å². The average Bonchev–Trinajstić information content (AvgIpc) is 3.05. The van der Waals surface area contributed by atoms with E-state index in [2.05, 4.69) is 15.5 Å². The minimum atomic E-state index is -0.725. The Morgan fingerprint density at radius 2 is 1.84 bits per heavy atom. The average molecular weight is 338 g/mol. The summed E-state index contributed by atoms with van der Waals surface area (Å²) in [5, 5.41) is 11.2. The Labute approximate surface area is 144 Å². The molecule has 3 aromatic rings. The molecule has 4 rings (SSSR count). The van der Waals surface area contributed by atoms with Gasteiger partial charge in [-0.1, -0.05) is 18.2 Å². The lowest BCUT2D eigenvalue weighted by atomic mass is 10.1. The molecular weight excluding hydrogens is 320 g/mol. The van der Waals surface area contributed by atoms with Gasteiger partial charge in [-0.15, -0.1) is 10.2 Å². The Morgan fingerprint density at radius 3 is 2.64 bits per heavy atom. The van der Waals surface area contributed by atoms with E-state index in [9.17, 15) is 4.79 Å². The summed E-state index contributed by atoms with van der Waals surface area (Å²) >= 11 is 0. The molecule has 0 saturated carbocycles. The molecule has 1 aromatic carbocycles. The van der Waals surface area contributed by atoms with Crippen molar-refractivity contribution in [2.24, 2.45) is 0 Å². The van der Waals surface area contributed by atoms with Gasteiger partial charge in [-0.25, -0.2) is 0 Å². The van der Waals surface area contributed by atoms with Gasteiger partial charge in [0.05, 0.1) is 6.04 Å². The van der Waals surface area contributed by atoms with E-state index in [-0.39, 0.29) is 11.9 Å². The second kappa shape index (κ2) is 6.08. The fraction of sp³-hybridized carbons (Fsp3) is 0.278. The number of para-hydroxylation sites is 2. The molecule has 3 heterocycles. The van der Waals surface area contributed by atoms with Crippen LogP contribution in [0.3, 0.4) is 0 Å². The maximum absolute atomic E-state index is 12.7. The summed E-state index contributed by atoms with van der Waals surface area (Å²) in [5.41, 5.74) is 0.734. The summed E-state index contributed by atoms with van der Waals surface area (Å²) in [5.74, 6) is 1.63. The molecule has 7 nitrogen and oxygen atoms in total. The van der Waals surface area contributed by atoms with Crippen molar-refractivity contribution in [2.75, 3.05) is 0 Å². The third-order valence-corrected chi connectivity index (χ3v) is 4.19. The predicted molar refractivity (Wildman–Crippen MR) is 90.5 cm³/mol. The fourth-order valence-corrected chi connectivity index (χ4v) is 2.92. The number of nitrogens with one attached hydrogen (secondary N) is 1. The second-order valence-corrected chi connectivity index (χ2v) is 6.03. The molecule has 0 unspecified atom stereocenters. The molecule has 1 aliphatic heterocycles. The van der Waals surface area contributed by atoms with Gasteiger partial charge in [-0.05, 0) is 38.1 Å². The van der Waals surface area contributed by atoms with Gasteiger partial charge < -0.3 is 14.8 Å². The van der Waals surface area contributed by atoms with Gasteiger partial charge in [0, 0.05) is 6.20 Å². The highest BCUT2D eigenvalue weighted by Gasteiger charge is 2.35. The summed E-state index contributed by atoms with van der Waals surface area (Å²) in [6, 6.07) is 12.7. The van der Waals surface area contributed by atoms with E-state index in [0.29, 0.717) is 17.3 Å². The van der Waals surface area contributed by atoms with Crippen LogP contribution < -0.4 is 14.8 Å². The minimum Gasteiger partial charge on any atom is -0.482 e. The van der Waals surface area contributed by atoms with Crippen LogP contribution in [-0.2, 0) is 4.79 Å². The summed E-state index contributed by atoms with van der Waals surface area (Å²) in [6.07, 6.45) is 0.751. The first-order valence-electron chi connectivity index (χ1n) is 8.16. The number of pyridine rings is 1. The summed E-state index contributed by atoms with van der Waals surface area (Å²) in [6.45, 7) is 3.68. The maximum atomic E-state index is 12.7. The lowest BCUT2D eigenvalue weighted by molar-refractivity contribution is -0.134. The summed E-state index contributed by atoms with van der Waals surface area (Å²) in [4.78, 5) is 12.7. The molecule has 1 N–H and O–H groups in total. The zero-order valence-corrected chi connectivity index (χ0v) is 13.9. The Kier molecular flexibility index (Phi) is 3.76. The van der Waals surface area contributed by atoms with Crippen LogP contribution in [0.5, 0.6) is 11.5 Å². The van der Waals surface area contributed by atoms with Crippen molar-refractivity contribution in [3.8, 4) is 11.5 Å². The molecule has 0 fully saturated rings. The van der Waals surface area contributed by atoms with Gasteiger partial charge in [0.25, 0.3) is 5.91 Å². The number of ether oxygens (including phenoxy) is 2. The Bertz CT molecular complexity index is 923. The van der Waals surface area contributed by atoms with Gasteiger partial charge >= 0.3 is 0 Å². The summed E-state index contributed by atoms with van der Waals surface area (Å²) in [7, 11) is 0. The quantitative estimate of drug-likeness (QED) is 0.792. The Hall–Kier alpha value is -3.09. The maximum Gasteiger partial charge on any atom is 0.265 e. The molecular formula is C18H18N4O3. The van der Waals surface area contributed by atoms with E-state index >= 15 is 0 Å². The number of carbonyl (C=O) groups is 1. The van der Waals surface area contributed by atoms with E-state index in [0.717, 1.165) is 5.65 Å². The molecule has 7 heteroatoms. The zero-order chi connectivity index (χ0) is 17.4. The molecule has 1 amide bonds. The molecule has 25 heavy (non-hydrogen) atoms. The van der Waals surface area contributed by atoms with Gasteiger partial charge in [-0.3, -0.25) is 9.20 Å². The first-order chi connectivity index (χ1) is 12.1. The Morgan fingerprint density at radius 1 is 1.12 bits per heavy atom. The molecule has 0 radical (unpaired) electrons. The van der Waals surface area contributed by atoms with Crippen molar-refractivity contribution in [2.45, 2.75) is 32.1 Å². The molecule has 128 valence electrons. The zero-order valence-electron chi connectivity index (χ0n) is 13.9. The van der Waals surface area contributed by atoms with E-state index in [1.165, 1.54) is 0 Å². The van der Waals surface area contributed by atoms with Crippen LogP contribution in [0, 0.1) is 0 Å². The lowest BCUT2D eigenvalue weighted by Crippen LogP contribution is -2.49. The van der Waals surface area contributed by atoms with Crippen LogP contribution in [0.2, 0.25) is 0 Å². The third-order valence-electron chi connectivity index (χ3n) is 4.19. The summed E-state index contributed by atoms with van der Waals surface area (Å²) < 4.78 is 13.5. The van der Waals surface area contributed by atoms with Crippen molar-refractivity contribution in [1.82, 2.24) is 19.9 Å². The highest BCUT2D eigenvalue weighted by molar-refractivity contribution is 5.82. The van der Waals surface area contributed by atoms with Crippen LogP contribution >= 0.6 is 0 Å². The standard InChI is InChI=1S/C18H18N4O3/c1-11(17-21-20-15-9-5-6-10-22(15)17)19-18(23)16-12(2)24-13-7-3-4-8-14(13)25-16/h3-12,16H,1-2H3,(H,19,23)/t11-,12-,16+/m0/s1. The minimum absolute atomic E-state index is 0.248. The molecule has 1 aliphatic rings. The third kappa shape index (κ3) is 2.77. The Balaban J connectivity index is 1.52. The molecule has 3 atom stereocenters. The second-order valence-electron chi connectivity index (χ2n) is 6.03. The number of hydrogen-bond acceptors (Lipinski definition) is 5. The number of benzene rings is 1. The molecule has 0 aliphatic carbocycles. The van der Waals surface area contributed by atoms with Crippen molar-refractivity contribution in [3.05, 3.63) is 54.5 Å². The number of carbonyl (C=O) groups excluding carboxylic acids is 1. The number of amides is 1. The molecule has 0 spiro atoms. The lowest BCUT2D eigenvalue weighted by Gasteiger charge is -2.31. The van der Waals surface area contributed by atoms with Crippen LogP contribution in [0.4, 0.5) is 0 Å². The van der Waals surface area contributed by atoms with Crippen molar-refractivity contribution < 1.29 is 14.3 Å². The fourth-order valence-electron chi connectivity index (χ4n) is 2.92. The van der Waals surface area contributed by atoms with Crippen LogP contribution in [0.25, 0.3) is 5.65 Å². The van der Waals surface area contributed by atoms with Crippen molar-refractivity contribution in [3.63, 3.8) is 0 Å². The number of hydrogen-bond donors (Lipinski definition) is 1. The molecule has 0 bridgehead atoms. The van der Waals surface area contributed by atoms with Crippen LogP contribution in [0.1, 0.15) is 25.7 Å². The number of nitrogens with zero attached hydrogens (tertiary/aromatic N) is 3. The highest BCUT2D eigenvalue weighted by atomic mass is 16.6. The van der Waals surface area contributed by atoms with Gasteiger partial charge in [0.15, 0.2) is 23.0 Å². The number of aromatic nitrogens is 3. The predicted octanol–water partition coefficient (Wildman–Crippen LogP) is 2.13. The van der Waals surface area contributed by atoms with Crippen LogP contribution in [0.15, 0.2) is 48.7 Å².